The average Bonchev–Trinajstić information content (AvgIpc) is 2.39. The highest BCUT2D eigenvalue weighted by molar-refractivity contribution is 9.10. The van der Waals surface area contributed by atoms with Crippen LogP contribution in [0.25, 0.3) is 11.1 Å². The molecular formula is C14H13BrO2. The summed E-state index contributed by atoms with van der Waals surface area (Å²) in [4.78, 5) is 0. The molecular weight excluding hydrogens is 280 g/mol. The second-order valence-corrected chi connectivity index (χ2v) is 4.43. The highest BCUT2D eigenvalue weighted by atomic mass is 79.9. The Hall–Kier alpha value is -1.48. The normalized spacial score (nSPS) is 10.1. The molecule has 2 aromatic rings. The molecule has 0 N–H and O–H groups in total. The summed E-state index contributed by atoms with van der Waals surface area (Å²) in [6.07, 6.45) is 0. The Kier molecular flexibility index (Phi) is 3.69. The first-order valence-electron chi connectivity index (χ1n) is 5.22. The third-order valence-corrected chi connectivity index (χ3v) is 3.23. The minimum atomic E-state index is 0.832. The van der Waals surface area contributed by atoms with Crippen LogP contribution in [0.1, 0.15) is 0 Å². The van der Waals surface area contributed by atoms with E-state index in [9.17, 15) is 0 Å². The first-order chi connectivity index (χ1) is 8.24. The molecule has 0 radical (unpaired) electrons. The largest absolute Gasteiger partial charge is 0.497 e. The standard InChI is InChI=1S/C14H13BrO2/c1-16-12-6-3-10(4-7-12)11-5-8-13(15)14(9-11)17-2/h3-9H,1-2H3. The van der Waals surface area contributed by atoms with Crippen LogP contribution < -0.4 is 9.47 Å². The molecule has 0 unspecified atom stereocenters. The van der Waals surface area contributed by atoms with Gasteiger partial charge in [0.15, 0.2) is 0 Å². The van der Waals surface area contributed by atoms with Crippen molar-refractivity contribution in [1.29, 1.82) is 0 Å². The molecule has 0 saturated heterocycles. The van der Waals surface area contributed by atoms with Gasteiger partial charge in [-0.25, -0.2) is 0 Å². The lowest BCUT2D eigenvalue weighted by molar-refractivity contribution is 0.412. The van der Waals surface area contributed by atoms with E-state index < -0.39 is 0 Å². The van der Waals surface area contributed by atoms with E-state index in [2.05, 4.69) is 22.0 Å². The maximum Gasteiger partial charge on any atom is 0.133 e. The lowest BCUT2D eigenvalue weighted by Crippen LogP contribution is -1.86. The second-order valence-electron chi connectivity index (χ2n) is 3.58. The summed E-state index contributed by atoms with van der Waals surface area (Å²) in [7, 11) is 3.33. The number of benzene rings is 2. The number of rotatable bonds is 3. The molecule has 0 fully saturated rings. The van der Waals surface area contributed by atoms with Crippen molar-refractivity contribution in [2.24, 2.45) is 0 Å². The average molecular weight is 293 g/mol. The van der Waals surface area contributed by atoms with Gasteiger partial charge < -0.3 is 9.47 Å². The fourth-order valence-electron chi connectivity index (χ4n) is 1.62. The minimum absolute atomic E-state index is 0.832. The predicted octanol–water partition coefficient (Wildman–Crippen LogP) is 4.13. The van der Waals surface area contributed by atoms with E-state index in [0.29, 0.717) is 0 Å². The molecule has 17 heavy (non-hydrogen) atoms. The Morgan fingerprint density at radius 2 is 1.47 bits per heavy atom. The van der Waals surface area contributed by atoms with Gasteiger partial charge in [-0.05, 0) is 51.3 Å². The van der Waals surface area contributed by atoms with E-state index >= 15 is 0 Å². The quantitative estimate of drug-likeness (QED) is 0.847. The Morgan fingerprint density at radius 3 is 2.06 bits per heavy atom. The summed E-state index contributed by atoms with van der Waals surface area (Å²) in [6, 6.07) is 14.0. The van der Waals surface area contributed by atoms with E-state index in [1.54, 1.807) is 14.2 Å². The molecule has 2 rings (SSSR count). The monoisotopic (exact) mass is 292 g/mol. The summed E-state index contributed by atoms with van der Waals surface area (Å²) in [5, 5.41) is 0. The van der Waals surface area contributed by atoms with Gasteiger partial charge in [-0.1, -0.05) is 18.2 Å². The lowest BCUT2D eigenvalue weighted by atomic mass is 10.1. The van der Waals surface area contributed by atoms with Crippen LogP contribution in [0.5, 0.6) is 11.5 Å². The second kappa shape index (κ2) is 5.23. The van der Waals surface area contributed by atoms with Crippen LogP contribution in [0.15, 0.2) is 46.9 Å². The molecule has 0 aromatic heterocycles. The smallest absolute Gasteiger partial charge is 0.133 e. The van der Waals surface area contributed by atoms with E-state index in [4.69, 9.17) is 9.47 Å². The molecule has 0 spiro atoms. The maximum atomic E-state index is 5.28. The summed E-state index contributed by atoms with van der Waals surface area (Å²) >= 11 is 3.44. The first-order valence-corrected chi connectivity index (χ1v) is 6.02. The summed E-state index contributed by atoms with van der Waals surface area (Å²) in [5.74, 6) is 1.69. The number of halogens is 1. The zero-order valence-corrected chi connectivity index (χ0v) is 11.3. The summed E-state index contributed by atoms with van der Waals surface area (Å²) < 4.78 is 11.4. The van der Waals surface area contributed by atoms with E-state index in [1.807, 2.05) is 36.4 Å². The van der Waals surface area contributed by atoms with Crippen molar-refractivity contribution in [3.63, 3.8) is 0 Å². The lowest BCUT2D eigenvalue weighted by Gasteiger charge is -2.07. The van der Waals surface area contributed by atoms with Crippen LogP contribution in [0, 0.1) is 0 Å². The molecule has 0 bridgehead atoms. The highest BCUT2D eigenvalue weighted by Crippen LogP contribution is 2.31. The van der Waals surface area contributed by atoms with Crippen LogP contribution in [-0.4, -0.2) is 14.2 Å². The van der Waals surface area contributed by atoms with Crippen molar-refractivity contribution in [3.05, 3.63) is 46.9 Å². The van der Waals surface area contributed by atoms with Crippen molar-refractivity contribution >= 4 is 15.9 Å². The van der Waals surface area contributed by atoms with Crippen LogP contribution in [0.2, 0.25) is 0 Å². The van der Waals surface area contributed by atoms with Crippen molar-refractivity contribution in [2.75, 3.05) is 14.2 Å². The van der Waals surface area contributed by atoms with Gasteiger partial charge in [-0.2, -0.15) is 0 Å². The maximum absolute atomic E-state index is 5.28. The fourth-order valence-corrected chi connectivity index (χ4v) is 2.03. The molecule has 0 saturated carbocycles. The van der Waals surface area contributed by atoms with Crippen LogP contribution in [0.3, 0.4) is 0 Å². The first kappa shape index (κ1) is 12.0. The number of methoxy groups -OCH3 is 2. The van der Waals surface area contributed by atoms with Crippen molar-refractivity contribution in [1.82, 2.24) is 0 Å². The third-order valence-electron chi connectivity index (χ3n) is 2.57. The topological polar surface area (TPSA) is 18.5 Å². The molecule has 88 valence electrons. The molecule has 0 atom stereocenters. The molecule has 2 nitrogen and oxygen atoms in total. The van der Waals surface area contributed by atoms with Gasteiger partial charge in [0.1, 0.15) is 11.5 Å². The Labute approximate surface area is 109 Å². The van der Waals surface area contributed by atoms with Gasteiger partial charge in [0.2, 0.25) is 0 Å². The van der Waals surface area contributed by atoms with Gasteiger partial charge in [-0.15, -0.1) is 0 Å². The third kappa shape index (κ3) is 2.61. The number of hydrogen-bond donors (Lipinski definition) is 0. The van der Waals surface area contributed by atoms with E-state index in [1.165, 1.54) is 0 Å². The van der Waals surface area contributed by atoms with Crippen molar-refractivity contribution in [3.8, 4) is 22.6 Å². The number of ether oxygens (including phenoxy) is 2. The van der Waals surface area contributed by atoms with Crippen LogP contribution in [-0.2, 0) is 0 Å². The number of hydrogen-bond acceptors (Lipinski definition) is 2. The highest BCUT2D eigenvalue weighted by Gasteiger charge is 2.03. The SMILES string of the molecule is COc1ccc(-c2ccc(Br)c(OC)c2)cc1. The summed E-state index contributed by atoms with van der Waals surface area (Å²) in [5.41, 5.74) is 2.25. The van der Waals surface area contributed by atoms with Gasteiger partial charge in [0.05, 0.1) is 18.7 Å². The minimum Gasteiger partial charge on any atom is -0.497 e. The van der Waals surface area contributed by atoms with Gasteiger partial charge >= 0.3 is 0 Å². The zero-order valence-electron chi connectivity index (χ0n) is 9.74. The molecule has 0 aliphatic carbocycles. The Balaban J connectivity index is 2.38. The van der Waals surface area contributed by atoms with Crippen LogP contribution >= 0.6 is 15.9 Å². The van der Waals surface area contributed by atoms with Crippen LogP contribution in [0.4, 0.5) is 0 Å². The van der Waals surface area contributed by atoms with Gasteiger partial charge in [0, 0.05) is 0 Å². The molecule has 0 aliphatic heterocycles. The predicted molar refractivity (Wildman–Crippen MR) is 72.7 cm³/mol. The molecule has 0 aliphatic rings. The van der Waals surface area contributed by atoms with Crippen molar-refractivity contribution < 1.29 is 9.47 Å². The molecule has 0 heterocycles. The molecule has 2 aromatic carbocycles. The van der Waals surface area contributed by atoms with Gasteiger partial charge in [-0.3, -0.25) is 0 Å². The van der Waals surface area contributed by atoms with Crippen molar-refractivity contribution in [2.45, 2.75) is 0 Å². The fraction of sp³-hybridized carbons (Fsp3) is 0.143. The molecule has 0 amide bonds. The van der Waals surface area contributed by atoms with Gasteiger partial charge in [0.25, 0.3) is 0 Å². The zero-order chi connectivity index (χ0) is 12.3. The Morgan fingerprint density at radius 1 is 0.824 bits per heavy atom. The summed E-state index contributed by atoms with van der Waals surface area (Å²) in [6.45, 7) is 0. The van der Waals surface area contributed by atoms with E-state index in [-0.39, 0.29) is 0 Å². The Bertz CT molecular complexity index is 506. The molecule has 3 heteroatoms. The van der Waals surface area contributed by atoms with E-state index in [0.717, 1.165) is 27.1 Å².